The Bertz CT molecular complexity index is 230. The lowest BCUT2D eigenvalue weighted by atomic mass is 9.82. The number of aliphatic hydroxyl groups is 1. The lowest BCUT2D eigenvalue weighted by Gasteiger charge is -2.25. The smallest absolute Gasteiger partial charge is 0.140 e. The highest BCUT2D eigenvalue weighted by Gasteiger charge is 2.32. The van der Waals surface area contributed by atoms with E-state index in [2.05, 4.69) is 0 Å². The summed E-state index contributed by atoms with van der Waals surface area (Å²) >= 11 is 0. The minimum Gasteiger partial charge on any atom is -0.392 e. The molecule has 0 aromatic carbocycles. The summed E-state index contributed by atoms with van der Waals surface area (Å²) in [5.41, 5.74) is 0. The van der Waals surface area contributed by atoms with Gasteiger partial charge in [0, 0.05) is 23.7 Å². The van der Waals surface area contributed by atoms with Gasteiger partial charge in [-0.05, 0) is 0 Å². The van der Waals surface area contributed by atoms with Crippen molar-refractivity contribution >= 4 is 11.6 Å². The molecule has 94 valence electrons. The first kappa shape index (κ1) is 15.3. The number of hydrogen-bond acceptors (Lipinski definition) is 3. The molecule has 3 nitrogen and oxygen atoms in total. The van der Waals surface area contributed by atoms with Crippen LogP contribution < -0.4 is 0 Å². The van der Waals surface area contributed by atoms with E-state index in [1.165, 1.54) is 0 Å². The molecule has 16 heavy (non-hydrogen) atoms. The van der Waals surface area contributed by atoms with Gasteiger partial charge in [0.1, 0.15) is 11.6 Å². The molecule has 0 amide bonds. The first-order valence-electron chi connectivity index (χ1n) is 5.95. The second-order valence-electron chi connectivity index (χ2n) is 5.18. The average molecular weight is 228 g/mol. The Kier molecular flexibility index (Phi) is 5.87. The molecule has 0 radical (unpaired) electrons. The summed E-state index contributed by atoms with van der Waals surface area (Å²) in [6.07, 6.45) is -0.871. The summed E-state index contributed by atoms with van der Waals surface area (Å²) < 4.78 is 0. The van der Waals surface area contributed by atoms with E-state index in [1.807, 2.05) is 0 Å². The second-order valence-corrected chi connectivity index (χ2v) is 5.18. The van der Waals surface area contributed by atoms with Gasteiger partial charge < -0.3 is 5.11 Å². The normalized spacial score (nSPS) is 17.3. The fourth-order valence-corrected chi connectivity index (χ4v) is 1.82. The molecule has 0 saturated heterocycles. The van der Waals surface area contributed by atoms with Crippen molar-refractivity contribution in [3.05, 3.63) is 0 Å². The zero-order valence-corrected chi connectivity index (χ0v) is 11.2. The van der Waals surface area contributed by atoms with Crippen molar-refractivity contribution in [2.45, 2.75) is 47.6 Å². The van der Waals surface area contributed by atoms with Gasteiger partial charge in [-0.1, -0.05) is 41.5 Å². The highest BCUT2D eigenvalue weighted by atomic mass is 16.3. The molecule has 0 rings (SSSR count). The Hall–Kier alpha value is -0.700. The Morgan fingerprint density at radius 1 is 0.750 bits per heavy atom. The first-order valence-corrected chi connectivity index (χ1v) is 5.95. The van der Waals surface area contributed by atoms with E-state index in [0.717, 1.165) is 0 Å². The van der Waals surface area contributed by atoms with Crippen molar-refractivity contribution in [2.75, 3.05) is 0 Å². The van der Waals surface area contributed by atoms with Crippen molar-refractivity contribution in [1.29, 1.82) is 0 Å². The number of aliphatic hydroxyl groups excluding tert-OH is 1. The zero-order chi connectivity index (χ0) is 13.0. The molecule has 3 atom stereocenters. The summed E-state index contributed by atoms with van der Waals surface area (Å²) in [5, 5.41) is 9.98. The third-order valence-corrected chi connectivity index (χ3v) is 3.06. The molecule has 1 N–H and O–H groups in total. The molecule has 0 aromatic heterocycles. The Morgan fingerprint density at radius 3 is 1.19 bits per heavy atom. The van der Waals surface area contributed by atoms with Crippen LogP contribution in [0.3, 0.4) is 0 Å². The van der Waals surface area contributed by atoms with Gasteiger partial charge in [-0.2, -0.15) is 0 Å². The average Bonchev–Trinajstić information content (AvgIpc) is 2.23. The van der Waals surface area contributed by atoms with Crippen LogP contribution in [0.15, 0.2) is 0 Å². The third kappa shape index (κ3) is 3.71. The molecular weight excluding hydrogens is 204 g/mol. The fraction of sp³-hybridized carbons (Fsp3) is 0.846. The van der Waals surface area contributed by atoms with Crippen molar-refractivity contribution in [3.63, 3.8) is 0 Å². The Morgan fingerprint density at radius 2 is 1.00 bits per heavy atom. The number of carbonyl (C=O) groups excluding carboxylic acids is 2. The quantitative estimate of drug-likeness (QED) is 0.757. The maximum Gasteiger partial charge on any atom is 0.140 e. The van der Waals surface area contributed by atoms with Crippen LogP contribution in [-0.2, 0) is 9.59 Å². The van der Waals surface area contributed by atoms with E-state index < -0.39 is 17.9 Å². The monoisotopic (exact) mass is 228 g/mol. The van der Waals surface area contributed by atoms with E-state index in [1.54, 1.807) is 41.5 Å². The minimum atomic E-state index is -0.871. The fourth-order valence-electron chi connectivity index (χ4n) is 1.82. The number of hydrogen-bond donors (Lipinski definition) is 1. The molecule has 1 unspecified atom stereocenters. The van der Waals surface area contributed by atoms with Crippen LogP contribution in [0, 0.1) is 23.7 Å². The maximum atomic E-state index is 11.7. The molecule has 0 aromatic rings. The molecule has 3 heteroatoms. The van der Waals surface area contributed by atoms with Crippen LogP contribution >= 0.6 is 0 Å². The minimum absolute atomic E-state index is 0.0101. The molecule has 0 aliphatic heterocycles. The van der Waals surface area contributed by atoms with Gasteiger partial charge in [0.05, 0.1) is 6.10 Å². The van der Waals surface area contributed by atoms with Gasteiger partial charge in [-0.15, -0.1) is 0 Å². The maximum absolute atomic E-state index is 11.7. The Balaban J connectivity index is 4.61. The summed E-state index contributed by atoms with van der Waals surface area (Å²) in [4.78, 5) is 23.4. The van der Waals surface area contributed by atoms with Crippen molar-refractivity contribution < 1.29 is 14.7 Å². The predicted octanol–water partition coefficient (Wildman–Crippen LogP) is 2.07. The molecule has 0 bridgehead atoms. The van der Waals surface area contributed by atoms with Gasteiger partial charge in [0.2, 0.25) is 0 Å². The summed E-state index contributed by atoms with van der Waals surface area (Å²) in [5.74, 6) is -1.14. The van der Waals surface area contributed by atoms with Crippen molar-refractivity contribution in [1.82, 2.24) is 0 Å². The van der Waals surface area contributed by atoms with Crippen LogP contribution in [0.2, 0.25) is 0 Å². The molecule has 0 spiro atoms. The van der Waals surface area contributed by atoms with E-state index >= 15 is 0 Å². The van der Waals surface area contributed by atoms with Crippen LogP contribution in [0.1, 0.15) is 41.5 Å². The highest BCUT2D eigenvalue weighted by molar-refractivity contribution is 5.86. The number of rotatable bonds is 6. The van der Waals surface area contributed by atoms with Crippen LogP contribution in [-0.4, -0.2) is 22.8 Å². The summed E-state index contributed by atoms with van der Waals surface area (Å²) in [6.45, 7) is 10.6. The van der Waals surface area contributed by atoms with Crippen LogP contribution in [0.5, 0.6) is 0 Å². The topological polar surface area (TPSA) is 54.4 Å². The lowest BCUT2D eigenvalue weighted by Crippen LogP contribution is -2.38. The van der Waals surface area contributed by atoms with Gasteiger partial charge in [0.25, 0.3) is 0 Å². The van der Waals surface area contributed by atoms with Crippen LogP contribution in [0.25, 0.3) is 0 Å². The molecule has 0 saturated carbocycles. The summed E-state index contributed by atoms with van der Waals surface area (Å²) in [6, 6.07) is 0. The standard InChI is InChI=1S/C13H24O3/c1-7(2)11(14)9(5)13(16)10(6)12(15)8(3)4/h7-10,13,16H,1-6H3/t9-,10+,13?. The Labute approximate surface area is 98.2 Å². The van der Waals surface area contributed by atoms with Gasteiger partial charge in [-0.25, -0.2) is 0 Å². The molecule has 0 fully saturated rings. The number of Topliss-reactive ketones (excluding diaryl/α,β-unsaturated/α-hetero) is 2. The molecule has 0 aliphatic rings. The third-order valence-electron chi connectivity index (χ3n) is 3.06. The molecule has 0 aliphatic carbocycles. The van der Waals surface area contributed by atoms with E-state index in [0.29, 0.717) is 0 Å². The van der Waals surface area contributed by atoms with Gasteiger partial charge in [0.15, 0.2) is 0 Å². The zero-order valence-electron chi connectivity index (χ0n) is 11.2. The largest absolute Gasteiger partial charge is 0.392 e. The van der Waals surface area contributed by atoms with Gasteiger partial charge in [-0.3, -0.25) is 9.59 Å². The van der Waals surface area contributed by atoms with E-state index in [-0.39, 0.29) is 23.4 Å². The van der Waals surface area contributed by atoms with E-state index in [4.69, 9.17) is 0 Å². The summed E-state index contributed by atoms with van der Waals surface area (Å²) in [7, 11) is 0. The van der Waals surface area contributed by atoms with Gasteiger partial charge >= 0.3 is 0 Å². The van der Waals surface area contributed by atoms with Crippen molar-refractivity contribution in [3.8, 4) is 0 Å². The molecule has 0 heterocycles. The lowest BCUT2D eigenvalue weighted by molar-refractivity contribution is -0.135. The highest BCUT2D eigenvalue weighted by Crippen LogP contribution is 2.20. The number of carbonyl (C=O) groups is 2. The predicted molar refractivity (Wildman–Crippen MR) is 64.0 cm³/mol. The van der Waals surface area contributed by atoms with Crippen molar-refractivity contribution in [2.24, 2.45) is 23.7 Å². The first-order chi connectivity index (χ1) is 7.20. The number of ketones is 2. The van der Waals surface area contributed by atoms with E-state index in [9.17, 15) is 14.7 Å². The van der Waals surface area contributed by atoms with Crippen LogP contribution in [0.4, 0.5) is 0 Å². The second kappa shape index (κ2) is 6.14. The SMILES string of the molecule is CC(C)C(=O)[C@@H](C)C(O)[C@@H](C)C(=O)C(C)C. The molecular formula is C13H24O3.